The van der Waals surface area contributed by atoms with E-state index < -0.39 is 17.9 Å². The van der Waals surface area contributed by atoms with E-state index in [0.29, 0.717) is 18.7 Å². The number of imidazole rings is 1. The van der Waals surface area contributed by atoms with Crippen molar-refractivity contribution in [1.82, 2.24) is 9.55 Å². The standard InChI is InChI=1S/C9H10N2O4/c12-8(13)5-2-1-3-11-4-10-6(7(5)11)9(14)15/h4-5H,1-3H2,(H,12,13)(H,14,15). The fourth-order valence-corrected chi connectivity index (χ4v) is 1.94. The first-order chi connectivity index (χ1) is 7.11. The maximum atomic E-state index is 11.0. The van der Waals surface area contributed by atoms with Crippen molar-refractivity contribution in [3.05, 3.63) is 17.7 Å². The number of aliphatic carboxylic acids is 1. The summed E-state index contributed by atoms with van der Waals surface area (Å²) in [4.78, 5) is 25.5. The fraction of sp³-hybridized carbons (Fsp3) is 0.444. The molecule has 80 valence electrons. The molecular weight excluding hydrogens is 200 g/mol. The van der Waals surface area contributed by atoms with Crippen molar-refractivity contribution in [1.29, 1.82) is 0 Å². The lowest BCUT2D eigenvalue weighted by Gasteiger charge is -2.21. The maximum absolute atomic E-state index is 11.0. The molecule has 1 unspecified atom stereocenters. The Morgan fingerprint density at radius 1 is 1.47 bits per heavy atom. The minimum atomic E-state index is -1.17. The number of hydrogen-bond donors (Lipinski definition) is 2. The summed E-state index contributed by atoms with van der Waals surface area (Å²) in [6.07, 6.45) is 2.61. The minimum Gasteiger partial charge on any atom is -0.481 e. The zero-order valence-corrected chi connectivity index (χ0v) is 7.88. The van der Waals surface area contributed by atoms with Gasteiger partial charge in [0.05, 0.1) is 17.9 Å². The quantitative estimate of drug-likeness (QED) is 0.743. The zero-order valence-electron chi connectivity index (χ0n) is 7.88. The summed E-state index contributed by atoms with van der Waals surface area (Å²) >= 11 is 0. The lowest BCUT2D eigenvalue weighted by Crippen LogP contribution is -2.23. The van der Waals surface area contributed by atoms with Crippen LogP contribution in [0.25, 0.3) is 0 Å². The zero-order chi connectivity index (χ0) is 11.0. The second-order valence-corrected chi connectivity index (χ2v) is 3.51. The lowest BCUT2D eigenvalue weighted by molar-refractivity contribution is -0.139. The summed E-state index contributed by atoms with van der Waals surface area (Å²) in [7, 11) is 0. The van der Waals surface area contributed by atoms with Gasteiger partial charge in [-0.2, -0.15) is 0 Å². The molecule has 0 aliphatic carbocycles. The Morgan fingerprint density at radius 3 is 2.80 bits per heavy atom. The van der Waals surface area contributed by atoms with Gasteiger partial charge in [0.1, 0.15) is 0 Å². The van der Waals surface area contributed by atoms with E-state index in [-0.39, 0.29) is 5.69 Å². The predicted octanol–water partition coefficient (Wildman–Crippen LogP) is 0.543. The van der Waals surface area contributed by atoms with Gasteiger partial charge in [0.2, 0.25) is 0 Å². The third-order valence-electron chi connectivity index (χ3n) is 2.60. The third kappa shape index (κ3) is 1.47. The topological polar surface area (TPSA) is 92.4 Å². The van der Waals surface area contributed by atoms with Crippen LogP contribution in [-0.2, 0) is 11.3 Å². The highest BCUT2D eigenvalue weighted by Gasteiger charge is 2.32. The molecule has 6 nitrogen and oxygen atoms in total. The van der Waals surface area contributed by atoms with Crippen molar-refractivity contribution < 1.29 is 19.8 Å². The molecule has 0 radical (unpaired) electrons. The van der Waals surface area contributed by atoms with Crippen LogP contribution >= 0.6 is 0 Å². The Kier molecular flexibility index (Phi) is 2.18. The summed E-state index contributed by atoms with van der Waals surface area (Å²) in [5.41, 5.74) is 0.184. The summed E-state index contributed by atoms with van der Waals surface area (Å²) in [6, 6.07) is 0. The number of carboxylic acid groups (broad SMARTS) is 2. The normalized spacial score (nSPS) is 19.6. The number of carboxylic acids is 2. The molecule has 6 heteroatoms. The molecule has 0 saturated carbocycles. The Labute approximate surface area is 85.2 Å². The van der Waals surface area contributed by atoms with Crippen molar-refractivity contribution >= 4 is 11.9 Å². The number of rotatable bonds is 2. The second-order valence-electron chi connectivity index (χ2n) is 3.51. The third-order valence-corrected chi connectivity index (χ3v) is 2.60. The maximum Gasteiger partial charge on any atom is 0.356 e. The lowest BCUT2D eigenvalue weighted by atomic mass is 9.94. The molecule has 0 fully saturated rings. The molecule has 1 aliphatic rings. The first kappa shape index (κ1) is 9.70. The highest BCUT2D eigenvalue weighted by molar-refractivity contribution is 5.89. The van der Waals surface area contributed by atoms with Crippen LogP contribution in [0.1, 0.15) is 34.9 Å². The van der Waals surface area contributed by atoms with Crippen molar-refractivity contribution in [2.75, 3.05) is 0 Å². The van der Waals surface area contributed by atoms with Gasteiger partial charge in [-0.1, -0.05) is 0 Å². The average Bonchev–Trinajstić information content (AvgIpc) is 2.60. The molecule has 2 N–H and O–H groups in total. The number of aryl methyl sites for hydroxylation is 1. The molecule has 0 aromatic carbocycles. The molecule has 1 aromatic rings. The van der Waals surface area contributed by atoms with E-state index in [2.05, 4.69) is 4.98 Å². The van der Waals surface area contributed by atoms with Gasteiger partial charge in [-0.15, -0.1) is 0 Å². The van der Waals surface area contributed by atoms with Crippen molar-refractivity contribution in [2.24, 2.45) is 0 Å². The average molecular weight is 210 g/mol. The minimum absolute atomic E-state index is 0.137. The Hall–Kier alpha value is -1.85. The molecule has 1 aromatic heterocycles. The second kappa shape index (κ2) is 3.38. The predicted molar refractivity (Wildman–Crippen MR) is 48.8 cm³/mol. The molecule has 0 amide bonds. The van der Waals surface area contributed by atoms with Gasteiger partial charge >= 0.3 is 11.9 Å². The first-order valence-electron chi connectivity index (χ1n) is 4.62. The van der Waals surface area contributed by atoms with Crippen molar-refractivity contribution in [3.63, 3.8) is 0 Å². The van der Waals surface area contributed by atoms with Gasteiger partial charge < -0.3 is 14.8 Å². The summed E-state index contributed by atoms with van der Waals surface area (Å²) in [6.45, 7) is 0.638. The molecule has 1 atom stereocenters. The van der Waals surface area contributed by atoms with E-state index in [9.17, 15) is 9.59 Å². The number of aromatic carboxylic acids is 1. The van der Waals surface area contributed by atoms with Crippen LogP contribution < -0.4 is 0 Å². The fourth-order valence-electron chi connectivity index (χ4n) is 1.94. The Balaban J connectivity index is 2.52. The number of nitrogens with zero attached hydrogens (tertiary/aromatic N) is 2. The summed E-state index contributed by atoms with van der Waals surface area (Å²) in [5, 5.41) is 17.8. The van der Waals surface area contributed by atoms with Gasteiger partial charge in [0.15, 0.2) is 5.69 Å². The number of fused-ring (bicyclic) bond motifs is 1. The summed E-state index contributed by atoms with van der Waals surface area (Å²) < 4.78 is 1.62. The van der Waals surface area contributed by atoms with Crippen LogP contribution in [0.4, 0.5) is 0 Å². The monoisotopic (exact) mass is 210 g/mol. The van der Waals surface area contributed by atoms with Crippen LogP contribution in [0.3, 0.4) is 0 Å². The molecule has 2 heterocycles. The molecule has 1 aliphatic heterocycles. The molecule has 0 spiro atoms. The van der Waals surface area contributed by atoms with Crippen molar-refractivity contribution in [2.45, 2.75) is 25.3 Å². The van der Waals surface area contributed by atoms with E-state index in [1.165, 1.54) is 6.33 Å². The van der Waals surface area contributed by atoms with Crippen LogP contribution in [0.2, 0.25) is 0 Å². The van der Waals surface area contributed by atoms with Gasteiger partial charge in [-0.3, -0.25) is 4.79 Å². The molecule has 15 heavy (non-hydrogen) atoms. The molecular formula is C9H10N2O4. The van der Waals surface area contributed by atoms with Crippen LogP contribution in [0.5, 0.6) is 0 Å². The Bertz CT molecular complexity index is 424. The molecule has 2 rings (SSSR count). The van der Waals surface area contributed by atoms with E-state index in [4.69, 9.17) is 10.2 Å². The van der Waals surface area contributed by atoms with Gasteiger partial charge in [-0.25, -0.2) is 9.78 Å². The smallest absolute Gasteiger partial charge is 0.356 e. The Morgan fingerprint density at radius 2 is 2.20 bits per heavy atom. The SMILES string of the molecule is O=C(O)c1ncn2c1C(C(=O)O)CCC2. The van der Waals surface area contributed by atoms with Crippen LogP contribution in [-0.4, -0.2) is 31.7 Å². The van der Waals surface area contributed by atoms with Gasteiger partial charge in [0, 0.05) is 6.54 Å². The highest BCUT2D eigenvalue weighted by Crippen LogP contribution is 2.29. The van der Waals surface area contributed by atoms with Crippen LogP contribution in [0, 0.1) is 0 Å². The van der Waals surface area contributed by atoms with E-state index in [1.807, 2.05) is 0 Å². The van der Waals surface area contributed by atoms with Crippen LogP contribution in [0.15, 0.2) is 6.33 Å². The highest BCUT2D eigenvalue weighted by atomic mass is 16.4. The van der Waals surface area contributed by atoms with E-state index >= 15 is 0 Å². The first-order valence-corrected chi connectivity index (χ1v) is 4.62. The van der Waals surface area contributed by atoms with Gasteiger partial charge in [0.25, 0.3) is 0 Å². The largest absolute Gasteiger partial charge is 0.481 e. The van der Waals surface area contributed by atoms with E-state index in [1.54, 1.807) is 4.57 Å². The molecule has 0 bridgehead atoms. The van der Waals surface area contributed by atoms with E-state index in [0.717, 1.165) is 6.42 Å². The number of aromatic nitrogens is 2. The number of carbonyl (C=O) groups is 2. The van der Waals surface area contributed by atoms with Crippen molar-refractivity contribution in [3.8, 4) is 0 Å². The summed E-state index contributed by atoms with van der Waals surface area (Å²) in [5.74, 6) is -2.90. The molecule has 0 saturated heterocycles. The van der Waals surface area contributed by atoms with Gasteiger partial charge in [-0.05, 0) is 12.8 Å². The number of hydrogen-bond acceptors (Lipinski definition) is 3.